The molecule has 19 heavy (non-hydrogen) atoms. The van der Waals surface area contributed by atoms with Crippen molar-refractivity contribution in [2.24, 2.45) is 0 Å². The maximum Gasteiger partial charge on any atom is 0.327 e. The number of nitrogens with zero attached hydrogens (tertiary/aromatic N) is 1. The van der Waals surface area contributed by atoms with Gasteiger partial charge in [-0.1, -0.05) is 29.3 Å². The first-order chi connectivity index (χ1) is 9.02. The fourth-order valence-corrected chi connectivity index (χ4v) is 2.57. The zero-order valence-corrected chi connectivity index (χ0v) is 11.4. The molecule has 5 nitrogen and oxygen atoms in total. The molecule has 0 aliphatic carbocycles. The van der Waals surface area contributed by atoms with Gasteiger partial charge >= 0.3 is 5.97 Å². The molecule has 1 aromatic rings. The SMILES string of the molecule is O=C(O)C1CNCCN1C(=O)c1c(Cl)cccc1Cl. The third-order valence-corrected chi connectivity index (χ3v) is 3.60. The summed E-state index contributed by atoms with van der Waals surface area (Å²) in [6, 6.07) is 3.83. The van der Waals surface area contributed by atoms with Crippen molar-refractivity contribution in [3.8, 4) is 0 Å². The topological polar surface area (TPSA) is 69.6 Å². The predicted octanol–water partition coefficient (Wildman–Crippen LogP) is 1.49. The number of benzene rings is 1. The fourth-order valence-electron chi connectivity index (χ4n) is 2.01. The zero-order chi connectivity index (χ0) is 14.0. The molecule has 102 valence electrons. The number of amides is 1. The van der Waals surface area contributed by atoms with Crippen molar-refractivity contribution < 1.29 is 14.7 Å². The lowest BCUT2D eigenvalue weighted by molar-refractivity contribution is -0.142. The molecule has 1 aliphatic rings. The van der Waals surface area contributed by atoms with E-state index in [0.29, 0.717) is 13.1 Å². The average molecular weight is 303 g/mol. The number of carbonyl (C=O) groups excluding carboxylic acids is 1. The summed E-state index contributed by atoms with van der Waals surface area (Å²) in [4.78, 5) is 24.9. The molecule has 1 amide bonds. The maximum atomic E-state index is 12.4. The quantitative estimate of drug-likeness (QED) is 0.868. The van der Waals surface area contributed by atoms with Crippen molar-refractivity contribution >= 4 is 35.1 Å². The second-order valence-corrected chi connectivity index (χ2v) is 4.97. The minimum atomic E-state index is -1.05. The highest BCUT2D eigenvalue weighted by molar-refractivity contribution is 6.39. The average Bonchev–Trinajstić information content (AvgIpc) is 2.38. The maximum absolute atomic E-state index is 12.4. The molecule has 7 heteroatoms. The molecule has 1 aliphatic heterocycles. The number of hydrogen-bond acceptors (Lipinski definition) is 3. The summed E-state index contributed by atoms with van der Waals surface area (Å²) >= 11 is 12.0. The molecule has 0 spiro atoms. The Balaban J connectivity index is 2.34. The highest BCUT2D eigenvalue weighted by Gasteiger charge is 2.33. The van der Waals surface area contributed by atoms with Crippen molar-refractivity contribution in [1.82, 2.24) is 10.2 Å². The van der Waals surface area contributed by atoms with Crippen molar-refractivity contribution in [2.45, 2.75) is 6.04 Å². The molecule has 0 bridgehead atoms. The molecule has 1 fully saturated rings. The molecule has 1 aromatic carbocycles. The summed E-state index contributed by atoms with van der Waals surface area (Å²) in [7, 11) is 0. The van der Waals surface area contributed by atoms with Crippen LogP contribution in [0.2, 0.25) is 10.0 Å². The molecule has 0 saturated carbocycles. The summed E-state index contributed by atoms with van der Waals surface area (Å²) in [6.07, 6.45) is 0. The number of carboxylic acid groups (broad SMARTS) is 1. The molecule has 2 N–H and O–H groups in total. The number of aliphatic carboxylic acids is 1. The van der Waals surface area contributed by atoms with Crippen molar-refractivity contribution in [3.63, 3.8) is 0 Å². The number of hydrogen-bond donors (Lipinski definition) is 2. The van der Waals surface area contributed by atoms with E-state index < -0.39 is 17.9 Å². The Bertz CT molecular complexity index is 501. The highest BCUT2D eigenvalue weighted by Crippen LogP contribution is 2.26. The first kappa shape index (κ1) is 14.1. The monoisotopic (exact) mass is 302 g/mol. The Morgan fingerprint density at radius 1 is 1.32 bits per heavy atom. The van der Waals surface area contributed by atoms with Crippen LogP contribution in [-0.4, -0.2) is 47.6 Å². The van der Waals surface area contributed by atoms with Crippen molar-refractivity contribution in [3.05, 3.63) is 33.8 Å². The van der Waals surface area contributed by atoms with Gasteiger partial charge in [0.05, 0.1) is 15.6 Å². The molecule has 0 radical (unpaired) electrons. The van der Waals surface area contributed by atoms with E-state index in [-0.39, 0.29) is 22.2 Å². The summed E-state index contributed by atoms with van der Waals surface area (Å²) in [6.45, 7) is 1.05. The summed E-state index contributed by atoms with van der Waals surface area (Å²) < 4.78 is 0. The van der Waals surface area contributed by atoms with Crippen LogP contribution in [0.5, 0.6) is 0 Å². The number of halogens is 2. The zero-order valence-electron chi connectivity index (χ0n) is 9.90. The summed E-state index contributed by atoms with van der Waals surface area (Å²) in [5.74, 6) is -1.51. The molecular formula is C12H12Cl2N2O3. The number of carbonyl (C=O) groups is 2. The minimum absolute atomic E-state index is 0.152. The third-order valence-electron chi connectivity index (χ3n) is 2.97. The lowest BCUT2D eigenvalue weighted by atomic mass is 10.1. The van der Waals surface area contributed by atoms with Crippen LogP contribution in [0.4, 0.5) is 0 Å². The van der Waals surface area contributed by atoms with E-state index in [1.54, 1.807) is 18.2 Å². The van der Waals surface area contributed by atoms with Gasteiger partial charge in [-0.15, -0.1) is 0 Å². The Labute approximate surface area is 120 Å². The molecule has 2 rings (SSSR count). The number of rotatable bonds is 2. The van der Waals surface area contributed by atoms with Gasteiger partial charge in [0, 0.05) is 19.6 Å². The van der Waals surface area contributed by atoms with Gasteiger partial charge in [-0.2, -0.15) is 0 Å². The first-order valence-corrected chi connectivity index (χ1v) is 6.46. The van der Waals surface area contributed by atoms with Gasteiger partial charge in [-0.25, -0.2) is 4.79 Å². The lowest BCUT2D eigenvalue weighted by Crippen LogP contribution is -2.57. The van der Waals surface area contributed by atoms with Gasteiger partial charge in [0.2, 0.25) is 0 Å². The highest BCUT2D eigenvalue weighted by atomic mass is 35.5. The molecule has 1 atom stereocenters. The van der Waals surface area contributed by atoms with E-state index in [0.717, 1.165) is 0 Å². The Morgan fingerprint density at radius 2 is 1.95 bits per heavy atom. The number of nitrogens with one attached hydrogen (secondary N) is 1. The molecular weight excluding hydrogens is 291 g/mol. The van der Waals surface area contributed by atoms with Gasteiger partial charge in [0.15, 0.2) is 0 Å². The summed E-state index contributed by atoms with van der Waals surface area (Å²) in [5.41, 5.74) is 0.152. The lowest BCUT2D eigenvalue weighted by Gasteiger charge is -2.33. The molecule has 1 unspecified atom stereocenters. The Kier molecular flexibility index (Phi) is 4.29. The van der Waals surface area contributed by atoms with Crippen molar-refractivity contribution in [1.29, 1.82) is 0 Å². The van der Waals surface area contributed by atoms with Crippen LogP contribution in [0.3, 0.4) is 0 Å². The van der Waals surface area contributed by atoms with E-state index in [9.17, 15) is 9.59 Å². The van der Waals surface area contributed by atoms with Crippen molar-refractivity contribution in [2.75, 3.05) is 19.6 Å². The molecule has 1 saturated heterocycles. The van der Waals surface area contributed by atoms with E-state index in [1.165, 1.54) is 4.90 Å². The van der Waals surface area contributed by atoms with Gasteiger partial charge in [0.1, 0.15) is 6.04 Å². The van der Waals surface area contributed by atoms with Crippen LogP contribution in [0.1, 0.15) is 10.4 Å². The number of piperazine rings is 1. The van der Waals surface area contributed by atoms with Crippen LogP contribution in [0.25, 0.3) is 0 Å². The standard InChI is InChI=1S/C12H12Cl2N2O3/c13-7-2-1-3-8(14)10(7)11(17)16-5-4-15-6-9(16)12(18)19/h1-3,9,15H,4-6H2,(H,18,19). The van der Waals surface area contributed by atoms with Gasteiger partial charge in [-0.3, -0.25) is 4.79 Å². The Hall–Kier alpha value is -1.30. The van der Waals surface area contributed by atoms with Gasteiger partial charge in [-0.05, 0) is 12.1 Å². The normalized spacial score (nSPS) is 19.3. The van der Waals surface area contributed by atoms with Crippen LogP contribution in [-0.2, 0) is 4.79 Å². The smallest absolute Gasteiger partial charge is 0.327 e. The third kappa shape index (κ3) is 2.83. The first-order valence-electron chi connectivity index (χ1n) is 5.71. The second-order valence-electron chi connectivity index (χ2n) is 4.15. The summed E-state index contributed by atoms with van der Waals surface area (Å²) in [5, 5.41) is 12.5. The van der Waals surface area contributed by atoms with Gasteiger partial charge < -0.3 is 15.3 Å². The molecule has 0 aromatic heterocycles. The minimum Gasteiger partial charge on any atom is -0.480 e. The van der Waals surface area contributed by atoms with Crippen LogP contribution in [0, 0.1) is 0 Å². The van der Waals surface area contributed by atoms with E-state index in [1.807, 2.05) is 0 Å². The second kappa shape index (κ2) is 5.77. The van der Waals surface area contributed by atoms with E-state index in [4.69, 9.17) is 28.3 Å². The van der Waals surface area contributed by atoms with E-state index >= 15 is 0 Å². The van der Waals surface area contributed by atoms with Crippen LogP contribution >= 0.6 is 23.2 Å². The Morgan fingerprint density at radius 3 is 2.53 bits per heavy atom. The van der Waals surface area contributed by atoms with E-state index in [2.05, 4.69) is 5.32 Å². The van der Waals surface area contributed by atoms with Crippen LogP contribution < -0.4 is 5.32 Å². The predicted molar refractivity (Wildman–Crippen MR) is 71.8 cm³/mol. The van der Waals surface area contributed by atoms with Gasteiger partial charge in [0.25, 0.3) is 5.91 Å². The molecule has 1 heterocycles. The fraction of sp³-hybridized carbons (Fsp3) is 0.333. The number of carboxylic acids is 1. The largest absolute Gasteiger partial charge is 0.480 e. The van der Waals surface area contributed by atoms with Crippen LogP contribution in [0.15, 0.2) is 18.2 Å².